The van der Waals surface area contributed by atoms with E-state index in [4.69, 9.17) is 5.11 Å². The summed E-state index contributed by atoms with van der Waals surface area (Å²) in [6.07, 6.45) is 1.48. The number of carbonyl (C=O) groups is 2. The number of hydrogen-bond acceptors (Lipinski definition) is 5. The third-order valence-electron chi connectivity index (χ3n) is 2.87. The minimum atomic E-state index is -1.21. The topological polar surface area (TPSA) is 127 Å². The van der Waals surface area contributed by atoms with E-state index in [2.05, 4.69) is 10.4 Å². The molecule has 2 aromatic rings. The number of nitro groups is 1. The van der Waals surface area contributed by atoms with E-state index in [1.165, 1.54) is 36.0 Å². The number of fused-ring (bicyclic) bond motifs is 1. The van der Waals surface area contributed by atoms with Gasteiger partial charge in [0.15, 0.2) is 0 Å². The van der Waals surface area contributed by atoms with Crippen LogP contribution >= 0.6 is 0 Å². The van der Waals surface area contributed by atoms with Crippen LogP contribution in [0.1, 0.15) is 6.92 Å². The molecule has 0 saturated heterocycles. The summed E-state index contributed by atoms with van der Waals surface area (Å²) in [5.74, 6) is -1.69. The monoisotopic (exact) mass is 292 g/mol. The molecule has 1 unspecified atom stereocenters. The van der Waals surface area contributed by atoms with Crippen LogP contribution < -0.4 is 5.32 Å². The van der Waals surface area contributed by atoms with Crippen LogP contribution in [0.3, 0.4) is 0 Å². The lowest BCUT2D eigenvalue weighted by atomic mass is 10.2. The molecule has 1 amide bonds. The van der Waals surface area contributed by atoms with Crippen LogP contribution in [0.4, 0.5) is 5.69 Å². The lowest BCUT2D eigenvalue weighted by molar-refractivity contribution is -0.384. The smallest absolute Gasteiger partial charge is 0.328 e. The van der Waals surface area contributed by atoms with E-state index in [0.717, 1.165) is 0 Å². The molecule has 0 aliphatic rings. The average molecular weight is 292 g/mol. The molecule has 1 aromatic heterocycles. The highest BCUT2D eigenvalue weighted by Crippen LogP contribution is 2.20. The number of non-ortho nitro benzene ring substituents is 1. The number of carboxylic acid groups (broad SMARTS) is 1. The molecule has 0 bridgehead atoms. The first-order valence-corrected chi connectivity index (χ1v) is 5.98. The third kappa shape index (κ3) is 3.14. The summed E-state index contributed by atoms with van der Waals surface area (Å²) in [5, 5.41) is 26.8. The molecule has 0 fully saturated rings. The molecule has 110 valence electrons. The Bertz CT molecular complexity index is 724. The van der Waals surface area contributed by atoms with Crippen LogP contribution in [0.5, 0.6) is 0 Å². The number of nitrogens with zero attached hydrogens (tertiary/aromatic N) is 3. The van der Waals surface area contributed by atoms with Crippen LogP contribution in [0.25, 0.3) is 10.9 Å². The van der Waals surface area contributed by atoms with Gasteiger partial charge in [-0.3, -0.25) is 19.6 Å². The maximum absolute atomic E-state index is 11.1. The quantitative estimate of drug-likeness (QED) is 0.611. The molecule has 1 atom stereocenters. The normalized spacial score (nSPS) is 12.0. The first-order valence-electron chi connectivity index (χ1n) is 5.98. The molecule has 0 saturated carbocycles. The van der Waals surface area contributed by atoms with Gasteiger partial charge in [-0.25, -0.2) is 4.79 Å². The van der Waals surface area contributed by atoms with Gasteiger partial charge in [-0.05, 0) is 6.07 Å². The molecule has 0 spiro atoms. The van der Waals surface area contributed by atoms with Crippen molar-refractivity contribution < 1.29 is 19.6 Å². The van der Waals surface area contributed by atoms with Crippen LogP contribution in [0.15, 0.2) is 24.4 Å². The average Bonchev–Trinajstić information content (AvgIpc) is 2.79. The number of rotatable bonds is 5. The van der Waals surface area contributed by atoms with Crippen LogP contribution in [-0.4, -0.2) is 37.7 Å². The highest BCUT2D eigenvalue weighted by Gasteiger charge is 2.21. The molecule has 9 nitrogen and oxygen atoms in total. The molecule has 0 radical (unpaired) electrons. The Labute approximate surface area is 118 Å². The molecule has 1 aromatic carbocycles. The van der Waals surface area contributed by atoms with Crippen molar-refractivity contribution in [3.63, 3.8) is 0 Å². The van der Waals surface area contributed by atoms with Crippen LogP contribution in [-0.2, 0) is 16.1 Å². The number of aliphatic carboxylic acids is 1. The first-order chi connectivity index (χ1) is 9.88. The predicted molar refractivity (Wildman–Crippen MR) is 71.6 cm³/mol. The second-order valence-corrected chi connectivity index (χ2v) is 4.42. The maximum atomic E-state index is 11.1. The van der Waals surface area contributed by atoms with Gasteiger partial charge in [0.2, 0.25) is 5.91 Å². The third-order valence-corrected chi connectivity index (χ3v) is 2.87. The van der Waals surface area contributed by atoms with Crippen LogP contribution in [0.2, 0.25) is 0 Å². The van der Waals surface area contributed by atoms with E-state index in [-0.39, 0.29) is 12.2 Å². The van der Waals surface area contributed by atoms with Gasteiger partial charge >= 0.3 is 5.97 Å². The van der Waals surface area contributed by atoms with Gasteiger partial charge in [0.25, 0.3) is 5.69 Å². The molecule has 9 heteroatoms. The van der Waals surface area contributed by atoms with Gasteiger partial charge in [0.05, 0.1) is 23.2 Å². The van der Waals surface area contributed by atoms with Crippen molar-refractivity contribution in [1.29, 1.82) is 0 Å². The standard InChI is InChI=1S/C12H12N4O5/c1-7(17)14-10(12(18)19)6-15-11-4-9(16(20)21)3-2-8(11)5-13-15/h2-5,10H,6H2,1H3,(H,14,17)(H,18,19). The van der Waals surface area contributed by atoms with Crippen molar-refractivity contribution in [3.8, 4) is 0 Å². The maximum Gasteiger partial charge on any atom is 0.328 e. The summed E-state index contributed by atoms with van der Waals surface area (Å²) in [7, 11) is 0. The van der Waals surface area contributed by atoms with Gasteiger partial charge in [0.1, 0.15) is 6.04 Å². The van der Waals surface area contributed by atoms with Crippen molar-refractivity contribution in [2.24, 2.45) is 0 Å². The zero-order chi connectivity index (χ0) is 15.6. The molecule has 0 aliphatic carbocycles. The Morgan fingerprint density at radius 3 is 2.81 bits per heavy atom. The van der Waals surface area contributed by atoms with E-state index in [0.29, 0.717) is 10.9 Å². The van der Waals surface area contributed by atoms with Gasteiger partial charge in [-0.2, -0.15) is 5.10 Å². The van der Waals surface area contributed by atoms with Crippen molar-refractivity contribution in [3.05, 3.63) is 34.5 Å². The van der Waals surface area contributed by atoms with Gasteiger partial charge < -0.3 is 10.4 Å². The molecule has 1 heterocycles. The zero-order valence-electron chi connectivity index (χ0n) is 11.0. The van der Waals surface area contributed by atoms with E-state index >= 15 is 0 Å². The van der Waals surface area contributed by atoms with Gasteiger partial charge in [-0.1, -0.05) is 0 Å². The summed E-state index contributed by atoms with van der Waals surface area (Å²) < 4.78 is 1.32. The minimum Gasteiger partial charge on any atom is -0.480 e. The summed E-state index contributed by atoms with van der Waals surface area (Å²) >= 11 is 0. The number of nitro benzene ring substituents is 1. The van der Waals surface area contributed by atoms with Crippen LogP contribution in [0, 0.1) is 10.1 Å². The second-order valence-electron chi connectivity index (χ2n) is 4.42. The summed E-state index contributed by atoms with van der Waals surface area (Å²) in [5.41, 5.74) is 0.316. The molecule has 2 rings (SSSR count). The Morgan fingerprint density at radius 1 is 1.52 bits per heavy atom. The lowest BCUT2D eigenvalue weighted by Gasteiger charge is -2.13. The van der Waals surface area contributed by atoms with Crippen molar-refractivity contribution in [1.82, 2.24) is 15.1 Å². The Balaban J connectivity index is 2.36. The van der Waals surface area contributed by atoms with Gasteiger partial charge in [-0.15, -0.1) is 0 Å². The first kappa shape index (κ1) is 14.4. The molecular weight excluding hydrogens is 280 g/mol. The Kier molecular flexibility index (Phi) is 3.83. The fourth-order valence-electron chi connectivity index (χ4n) is 1.92. The number of carbonyl (C=O) groups excluding carboxylic acids is 1. The molecule has 21 heavy (non-hydrogen) atoms. The minimum absolute atomic E-state index is 0.115. The van der Waals surface area contributed by atoms with E-state index < -0.39 is 22.8 Å². The van der Waals surface area contributed by atoms with Crippen molar-refractivity contribution >= 4 is 28.5 Å². The highest BCUT2D eigenvalue weighted by atomic mass is 16.6. The number of aromatic nitrogens is 2. The number of amides is 1. The largest absolute Gasteiger partial charge is 0.480 e. The SMILES string of the molecule is CC(=O)NC(Cn1ncc2ccc([N+](=O)[O-])cc21)C(=O)O. The van der Waals surface area contributed by atoms with E-state index in [1.807, 2.05) is 0 Å². The Hall–Kier alpha value is -2.97. The summed E-state index contributed by atoms with van der Waals surface area (Å²) in [6.45, 7) is 1.08. The zero-order valence-corrected chi connectivity index (χ0v) is 11.0. The summed E-state index contributed by atoms with van der Waals surface area (Å²) in [6, 6.07) is 3.03. The number of hydrogen-bond donors (Lipinski definition) is 2. The summed E-state index contributed by atoms with van der Waals surface area (Å²) in [4.78, 5) is 32.3. The highest BCUT2D eigenvalue weighted by molar-refractivity contribution is 5.83. The number of nitrogens with one attached hydrogen (secondary N) is 1. The van der Waals surface area contributed by atoms with E-state index in [1.54, 1.807) is 0 Å². The molecule has 0 aliphatic heterocycles. The van der Waals surface area contributed by atoms with Gasteiger partial charge in [0, 0.05) is 24.4 Å². The second kappa shape index (κ2) is 5.57. The van der Waals surface area contributed by atoms with Crippen molar-refractivity contribution in [2.75, 3.05) is 0 Å². The fourth-order valence-corrected chi connectivity index (χ4v) is 1.92. The Morgan fingerprint density at radius 2 is 2.24 bits per heavy atom. The lowest BCUT2D eigenvalue weighted by Crippen LogP contribution is -2.42. The number of carboxylic acids is 1. The molecule has 2 N–H and O–H groups in total. The fraction of sp³-hybridized carbons (Fsp3) is 0.250. The number of benzene rings is 1. The van der Waals surface area contributed by atoms with E-state index in [9.17, 15) is 19.7 Å². The molecular formula is C12H12N4O5. The predicted octanol–water partition coefficient (Wildman–Crippen LogP) is 0.534. The van der Waals surface area contributed by atoms with Crippen molar-refractivity contribution in [2.45, 2.75) is 19.5 Å².